The minimum atomic E-state index is -1.07. The third-order valence-electron chi connectivity index (χ3n) is 13.2. The molecule has 0 N–H and O–H groups in total. The lowest BCUT2D eigenvalue weighted by molar-refractivity contribution is -0.997. The van der Waals surface area contributed by atoms with Gasteiger partial charge in [-0.3, -0.25) is 0 Å². The second-order valence-electron chi connectivity index (χ2n) is 17.5. The van der Waals surface area contributed by atoms with E-state index >= 15 is 0 Å². The van der Waals surface area contributed by atoms with Crippen LogP contribution in [-0.4, -0.2) is 4.57 Å². The Morgan fingerprint density at radius 2 is 1.23 bits per heavy atom. The Kier molecular flexibility index (Phi) is 7.18. The molecule has 1 atom stereocenters. The van der Waals surface area contributed by atoms with E-state index < -0.39 is 17.6 Å². The molecule has 2 aromatic heterocycles. The van der Waals surface area contributed by atoms with E-state index in [2.05, 4.69) is 173 Å². The third-order valence-corrected chi connectivity index (χ3v) is 13.2. The predicted molar refractivity (Wildman–Crippen MR) is 247 cm³/mol. The summed E-state index contributed by atoms with van der Waals surface area (Å²) in [5, 5.41) is 0. The van der Waals surface area contributed by atoms with Gasteiger partial charge in [0, 0.05) is 26.0 Å². The van der Waals surface area contributed by atoms with Gasteiger partial charge in [0.05, 0.1) is 5.56 Å². The summed E-state index contributed by atoms with van der Waals surface area (Å²) in [6.07, 6.45) is 2.23. The highest BCUT2D eigenvalue weighted by molar-refractivity contribution is 5.99. The van der Waals surface area contributed by atoms with Crippen molar-refractivity contribution in [3.8, 4) is 78.6 Å². The number of hydrogen-bond donors (Lipinski definition) is 0. The SMILES string of the molecule is [2H]C(C)(C)c1cccc(C([2H])(C)C)c1-c1ccc(-n2c3[n+]4c5c(cccc52)-c2cc(-c5ccccc5)cc5c2C4(Oc2c(C)cc(C)cc2-3)[n+]2ccc(-c3ccccc3)cc2-5)cc1. The lowest BCUT2D eigenvalue weighted by atomic mass is 9.85. The monoisotopic (exact) mass is 791 g/mol. The van der Waals surface area contributed by atoms with Crippen molar-refractivity contribution in [1.82, 2.24) is 4.57 Å². The summed E-state index contributed by atoms with van der Waals surface area (Å²) < 4.78 is 33.4. The van der Waals surface area contributed by atoms with Crippen molar-refractivity contribution in [2.45, 2.75) is 59.2 Å². The van der Waals surface area contributed by atoms with Crippen molar-refractivity contribution >= 4 is 11.0 Å². The summed E-state index contributed by atoms with van der Waals surface area (Å²) in [6, 6.07) is 56.8. The fraction of sp³-hybridized carbons (Fsp3) is 0.158. The number of aromatic nitrogens is 3. The molecular weight excluding hydrogens is 743 g/mol. The molecule has 4 heteroatoms. The maximum Gasteiger partial charge on any atom is 0.499 e. The highest BCUT2D eigenvalue weighted by Gasteiger charge is 2.68. The number of benzene rings is 7. The molecule has 3 aliphatic heterocycles. The maximum absolute atomic E-state index is 9.15. The first-order valence-corrected chi connectivity index (χ1v) is 21.3. The van der Waals surface area contributed by atoms with Crippen LogP contribution >= 0.6 is 0 Å². The molecule has 12 rings (SSSR count). The molecule has 7 aromatic carbocycles. The maximum atomic E-state index is 9.15. The molecule has 0 saturated heterocycles. The zero-order valence-electron chi connectivity index (χ0n) is 37.3. The van der Waals surface area contributed by atoms with Gasteiger partial charge in [0.1, 0.15) is 16.8 Å². The number of imidazole rings is 1. The van der Waals surface area contributed by atoms with Crippen LogP contribution in [0.5, 0.6) is 5.75 Å². The van der Waals surface area contributed by atoms with Crippen molar-refractivity contribution < 1.29 is 16.6 Å². The van der Waals surface area contributed by atoms with Gasteiger partial charge in [-0.05, 0) is 124 Å². The molecule has 0 saturated carbocycles. The lowest BCUT2D eigenvalue weighted by Gasteiger charge is -2.33. The third kappa shape index (κ3) is 4.93. The van der Waals surface area contributed by atoms with E-state index in [4.69, 9.17) is 7.48 Å². The fourth-order valence-electron chi connectivity index (χ4n) is 10.6. The van der Waals surface area contributed by atoms with E-state index in [-0.39, 0.29) is 0 Å². The summed E-state index contributed by atoms with van der Waals surface area (Å²) in [6.45, 7) is 12.1. The second kappa shape index (κ2) is 13.0. The number of rotatable bonds is 6. The second-order valence-corrected chi connectivity index (χ2v) is 17.5. The van der Waals surface area contributed by atoms with E-state index in [1.165, 1.54) is 16.7 Å². The summed E-state index contributed by atoms with van der Waals surface area (Å²) in [7, 11) is 0. The number of ether oxygens (including phenoxy) is 1. The molecule has 4 nitrogen and oxygen atoms in total. The molecule has 61 heavy (non-hydrogen) atoms. The summed E-state index contributed by atoms with van der Waals surface area (Å²) in [4.78, 5) is 0. The molecule has 5 heterocycles. The first-order chi connectivity index (χ1) is 30.3. The number of para-hydroxylation sites is 1. The Bertz CT molecular complexity index is 3360. The first kappa shape index (κ1) is 33.8. The van der Waals surface area contributed by atoms with Crippen molar-refractivity contribution in [1.29, 1.82) is 0 Å². The Morgan fingerprint density at radius 3 is 1.92 bits per heavy atom. The zero-order valence-corrected chi connectivity index (χ0v) is 35.3. The molecule has 1 spiro atoms. The van der Waals surface area contributed by atoms with Gasteiger partial charge in [-0.2, -0.15) is 4.57 Å². The predicted octanol–water partition coefficient (Wildman–Crippen LogP) is 13.3. The number of pyridine rings is 1. The van der Waals surface area contributed by atoms with Crippen LogP contribution < -0.4 is 13.9 Å². The van der Waals surface area contributed by atoms with Crippen molar-refractivity contribution in [2.75, 3.05) is 0 Å². The molecule has 9 aromatic rings. The van der Waals surface area contributed by atoms with E-state index in [0.717, 1.165) is 101 Å². The summed E-state index contributed by atoms with van der Waals surface area (Å²) >= 11 is 0. The van der Waals surface area contributed by atoms with Gasteiger partial charge in [-0.15, -0.1) is 9.13 Å². The van der Waals surface area contributed by atoms with E-state index in [1.54, 1.807) is 0 Å². The number of fused-ring (bicyclic) bond motifs is 5. The van der Waals surface area contributed by atoms with Crippen LogP contribution in [0.25, 0.3) is 83.9 Å². The molecule has 1 unspecified atom stereocenters. The molecule has 0 bridgehead atoms. The van der Waals surface area contributed by atoms with E-state index in [1.807, 2.05) is 45.9 Å². The van der Waals surface area contributed by atoms with Crippen LogP contribution in [0.3, 0.4) is 0 Å². The van der Waals surface area contributed by atoms with Crippen LogP contribution in [-0.2, 0) is 5.85 Å². The van der Waals surface area contributed by atoms with E-state index in [0.29, 0.717) is 0 Å². The highest BCUT2D eigenvalue weighted by Crippen LogP contribution is 2.55. The van der Waals surface area contributed by atoms with Crippen LogP contribution in [0.15, 0.2) is 164 Å². The first-order valence-electron chi connectivity index (χ1n) is 22.3. The van der Waals surface area contributed by atoms with Gasteiger partial charge < -0.3 is 4.74 Å². The van der Waals surface area contributed by atoms with Crippen LogP contribution in [0, 0.1) is 13.8 Å². The summed E-state index contributed by atoms with van der Waals surface area (Å²) in [5.41, 5.74) is 20.7. The standard InChI is InChI=1S/C57H47N3O/c1-34(2)44-19-13-20-45(35(3)4)52(44)40-23-25-43(26-24-40)59-50-22-14-21-46-47-31-42(39-17-11-8-12-18-39)32-48-51-33-41(38-15-9-7-10-16-38)27-28-58(51)57(53(47)48)60(54(46)50)56(59)49-30-36(5)29-37(6)55(49)61-57/h7-35H,1-6H3/q+2/i34D,35D. The molecule has 3 aliphatic rings. The summed E-state index contributed by atoms with van der Waals surface area (Å²) in [5.74, 6) is -0.860. The van der Waals surface area contributed by atoms with Gasteiger partial charge in [0.15, 0.2) is 23.0 Å². The van der Waals surface area contributed by atoms with Gasteiger partial charge >= 0.3 is 11.7 Å². The van der Waals surface area contributed by atoms with Gasteiger partial charge in [0.25, 0.3) is 0 Å². The average Bonchev–Trinajstić information content (AvgIpc) is 3.78. The van der Waals surface area contributed by atoms with Gasteiger partial charge in [-0.25, -0.2) is 0 Å². The Morgan fingerprint density at radius 1 is 0.574 bits per heavy atom. The van der Waals surface area contributed by atoms with Crippen molar-refractivity contribution in [3.63, 3.8) is 0 Å². The fourth-order valence-corrected chi connectivity index (χ4v) is 10.6. The number of nitrogens with zero attached hydrogens (tertiary/aromatic N) is 3. The van der Waals surface area contributed by atoms with Crippen LogP contribution in [0.2, 0.25) is 0 Å². The van der Waals surface area contributed by atoms with Gasteiger partial charge in [-0.1, -0.05) is 131 Å². The topological polar surface area (TPSA) is 21.9 Å². The minimum Gasteiger partial charge on any atom is -0.392 e. The minimum absolute atomic E-state index is 0.855. The quantitative estimate of drug-likeness (QED) is 0.154. The molecular formula is C57H47N3O+2. The smallest absolute Gasteiger partial charge is 0.392 e. The zero-order chi connectivity index (χ0) is 43.2. The molecule has 0 fully saturated rings. The number of hydrogen-bond acceptors (Lipinski definition) is 1. The lowest BCUT2D eigenvalue weighted by Crippen LogP contribution is -2.78. The normalized spacial score (nSPS) is 16.0. The largest absolute Gasteiger partial charge is 0.499 e. The average molecular weight is 792 g/mol. The van der Waals surface area contributed by atoms with Crippen molar-refractivity contribution in [3.05, 3.63) is 192 Å². The Labute approximate surface area is 360 Å². The van der Waals surface area contributed by atoms with Crippen LogP contribution in [0.1, 0.15) is 70.0 Å². The molecule has 294 valence electrons. The van der Waals surface area contributed by atoms with Gasteiger partial charge in [0.2, 0.25) is 5.69 Å². The van der Waals surface area contributed by atoms with Crippen molar-refractivity contribution in [2.24, 2.45) is 0 Å². The molecule has 0 radical (unpaired) electrons. The number of aryl methyl sites for hydroxylation is 2. The van der Waals surface area contributed by atoms with E-state index in [9.17, 15) is 0 Å². The highest BCUT2D eigenvalue weighted by atomic mass is 16.5. The molecule has 0 aliphatic carbocycles. The van der Waals surface area contributed by atoms with Crippen LogP contribution in [0.4, 0.5) is 0 Å². The Hall–Kier alpha value is -7.04. The Balaban J connectivity index is 1.19. The molecule has 0 amide bonds.